The number of hydrogen-bond donors (Lipinski definition) is 3. The molecule has 0 unspecified atom stereocenters. The molecule has 0 aromatic heterocycles. The zero-order valence-electron chi connectivity index (χ0n) is 9.00. The quantitative estimate of drug-likeness (QED) is 0.561. The minimum absolute atomic E-state index is 0.115. The highest BCUT2D eigenvalue weighted by molar-refractivity contribution is 5.48. The van der Waals surface area contributed by atoms with Gasteiger partial charge in [0.25, 0.3) is 0 Å². The van der Waals surface area contributed by atoms with E-state index < -0.39 is 0 Å². The van der Waals surface area contributed by atoms with Gasteiger partial charge in [-0.3, -0.25) is 0 Å². The van der Waals surface area contributed by atoms with Crippen LogP contribution >= 0.6 is 0 Å². The van der Waals surface area contributed by atoms with Gasteiger partial charge in [-0.1, -0.05) is 18.2 Å². The number of rotatable bonds is 3. The lowest BCUT2D eigenvalue weighted by Gasteiger charge is -2.08. The van der Waals surface area contributed by atoms with Crippen molar-refractivity contribution in [3.8, 4) is 23.0 Å². The van der Waals surface area contributed by atoms with Crippen LogP contribution in [0, 0.1) is 0 Å². The standard InChI is InChI=1S/C13H12O4/c14-11-7-13(16)12(15)6-9(11)8-17-10-4-2-1-3-5-10/h1-7,14-16H,8H2. The van der Waals surface area contributed by atoms with Gasteiger partial charge in [-0.05, 0) is 18.2 Å². The van der Waals surface area contributed by atoms with Crippen LogP contribution in [0.3, 0.4) is 0 Å². The number of benzene rings is 2. The van der Waals surface area contributed by atoms with Crippen molar-refractivity contribution in [3.05, 3.63) is 48.0 Å². The minimum atomic E-state index is -0.356. The molecule has 0 bridgehead atoms. The molecule has 0 atom stereocenters. The number of aromatic hydroxyl groups is 3. The van der Waals surface area contributed by atoms with Gasteiger partial charge in [0.2, 0.25) is 0 Å². The highest BCUT2D eigenvalue weighted by atomic mass is 16.5. The van der Waals surface area contributed by atoms with Crippen LogP contribution in [0.5, 0.6) is 23.0 Å². The first-order chi connectivity index (χ1) is 8.16. The van der Waals surface area contributed by atoms with Gasteiger partial charge in [-0.25, -0.2) is 0 Å². The molecule has 0 aliphatic rings. The summed E-state index contributed by atoms with van der Waals surface area (Å²) >= 11 is 0. The van der Waals surface area contributed by atoms with E-state index >= 15 is 0 Å². The summed E-state index contributed by atoms with van der Waals surface area (Å²) in [7, 11) is 0. The van der Waals surface area contributed by atoms with Crippen molar-refractivity contribution >= 4 is 0 Å². The maximum atomic E-state index is 9.54. The Kier molecular flexibility index (Phi) is 3.05. The average molecular weight is 232 g/mol. The Morgan fingerprint density at radius 3 is 2.18 bits per heavy atom. The number of para-hydroxylation sites is 1. The maximum absolute atomic E-state index is 9.54. The fraction of sp³-hybridized carbons (Fsp3) is 0.0769. The Bertz CT molecular complexity index is 508. The van der Waals surface area contributed by atoms with Crippen LogP contribution in [0.2, 0.25) is 0 Å². The number of phenols is 3. The first kappa shape index (κ1) is 11.1. The van der Waals surface area contributed by atoms with Crippen LogP contribution < -0.4 is 4.74 Å². The van der Waals surface area contributed by atoms with Gasteiger partial charge < -0.3 is 20.1 Å². The molecule has 0 amide bonds. The molecular weight excluding hydrogens is 220 g/mol. The molecule has 0 fully saturated rings. The average Bonchev–Trinajstić information content (AvgIpc) is 2.33. The first-order valence-electron chi connectivity index (χ1n) is 5.08. The molecule has 0 spiro atoms. The van der Waals surface area contributed by atoms with Gasteiger partial charge in [0.05, 0.1) is 0 Å². The van der Waals surface area contributed by atoms with E-state index in [4.69, 9.17) is 9.84 Å². The smallest absolute Gasteiger partial charge is 0.161 e. The summed E-state index contributed by atoms with van der Waals surface area (Å²) in [5, 5.41) is 28.0. The van der Waals surface area contributed by atoms with E-state index in [1.54, 1.807) is 12.1 Å². The van der Waals surface area contributed by atoms with Crippen LogP contribution in [0.1, 0.15) is 5.56 Å². The predicted molar refractivity (Wildman–Crippen MR) is 62.2 cm³/mol. The van der Waals surface area contributed by atoms with E-state index in [2.05, 4.69) is 0 Å². The Labute approximate surface area is 98.3 Å². The van der Waals surface area contributed by atoms with Gasteiger partial charge in [-0.2, -0.15) is 0 Å². The fourth-order valence-corrected chi connectivity index (χ4v) is 1.40. The zero-order valence-corrected chi connectivity index (χ0v) is 9.00. The summed E-state index contributed by atoms with van der Waals surface area (Å²) in [5.41, 5.74) is 0.407. The fourth-order valence-electron chi connectivity index (χ4n) is 1.40. The van der Waals surface area contributed by atoms with Crippen LogP contribution in [-0.4, -0.2) is 15.3 Å². The van der Waals surface area contributed by atoms with Crippen LogP contribution in [-0.2, 0) is 6.61 Å². The Hall–Kier alpha value is -2.36. The monoisotopic (exact) mass is 232 g/mol. The largest absolute Gasteiger partial charge is 0.507 e. The van der Waals surface area contributed by atoms with E-state index in [9.17, 15) is 10.2 Å². The van der Waals surface area contributed by atoms with Gasteiger partial charge in [0, 0.05) is 11.6 Å². The van der Waals surface area contributed by atoms with E-state index in [-0.39, 0.29) is 23.9 Å². The van der Waals surface area contributed by atoms with Crippen molar-refractivity contribution in [2.75, 3.05) is 0 Å². The maximum Gasteiger partial charge on any atom is 0.161 e. The number of hydrogen-bond acceptors (Lipinski definition) is 4. The molecule has 2 aromatic carbocycles. The summed E-state index contributed by atoms with van der Waals surface area (Å²) in [6.45, 7) is 0.115. The van der Waals surface area contributed by atoms with E-state index in [0.29, 0.717) is 11.3 Å². The lowest BCUT2D eigenvalue weighted by molar-refractivity contribution is 0.297. The molecule has 4 heteroatoms. The summed E-state index contributed by atoms with van der Waals surface area (Å²) < 4.78 is 5.41. The third-order valence-electron chi connectivity index (χ3n) is 2.31. The van der Waals surface area contributed by atoms with Crippen molar-refractivity contribution in [2.45, 2.75) is 6.61 Å². The van der Waals surface area contributed by atoms with Crippen LogP contribution in [0.25, 0.3) is 0 Å². The van der Waals surface area contributed by atoms with E-state index in [0.717, 1.165) is 6.07 Å². The molecule has 0 saturated carbocycles. The van der Waals surface area contributed by atoms with Crippen molar-refractivity contribution < 1.29 is 20.1 Å². The lowest BCUT2D eigenvalue weighted by Crippen LogP contribution is -1.95. The molecule has 0 aliphatic carbocycles. The molecule has 0 aliphatic heterocycles. The molecule has 2 aromatic rings. The second-order valence-electron chi connectivity index (χ2n) is 3.57. The van der Waals surface area contributed by atoms with E-state index in [1.807, 2.05) is 18.2 Å². The summed E-state index contributed by atoms with van der Waals surface area (Å²) in [4.78, 5) is 0. The van der Waals surface area contributed by atoms with Gasteiger partial charge in [-0.15, -0.1) is 0 Å². The van der Waals surface area contributed by atoms with Gasteiger partial charge >= 0.3 is 0 Å². The highest BCUT2D eigenvalue weighted by Gasteiger charge is 2.08. The minimum Gasteiger partial charge on any atom is -0.507 e. The van der Waals surface area contributed by atoms with Crippen LogP contribution in [0.15, 0.2) is 42.5 Å². The third-order valence-corrected chi connectivity index (χ3v) is 2.31. The molecule has 4 nitrogen and oxygen atoms in total. The highest BCUT2D eigenvalue weighted by Crippen LogP contribution is 2.32. The predicted octanol–water partition coefficient (Wildman–Crippen LogP) is 2.38. The topological polar surface area (TPSA) is 69.9 Å². The second kappa shape index (κ2) is 4.65. The molecule has 3 N–H and O–H groups in total. The second-order valence-corrected chi connectivity index (χ2v) is 3.57. The lowest BCUT2D eigenvalue weighted by atomic mass is 10.2. The van der Waals surface area contributed by atoms with Crippen molar-refractivity contribution in [1.82, 2.24) is 0 Å². The normalized spacial score (nSPS) is 10.1. The molecule has 17 heavy (non-hydrogen) atoms. The molecule has 0 heterocycles. The van der Waals surface area contributed by atoms with Crippen molar-refractivity contribution in [3.63, 3.8) is 0 Å². The zero-order chi connectivity index (χ0) is 12.3. The summed E-state index contributed by atoms with van der Waals surface area (Å²) in [6.07, 6.45) is 0. The molecule has 0 radical (unpaired) electrons. The van der Waals surface area contributed by atoms with Crippen molar-refractivity contribution in [1.29, 1.82) is 0 Å². The van der Waals surface area contributed by atoms with Gasteiger partial charge in [0.1, 0.15) is 18.1 Å². The number of phenolic OH excluding ortho intramolecular Hbond substituents is 3. The summed E-state index contributed by atoms with van der Waals surface area (Å²) in [6, 6.07) is 11.5. The Balaban J connectivity index is 2.12. The first-order valence-corrected chi connectivity index (χ1v) is 5.08. The molecule has 2 rings (SSSR count). The molecule has 88 valence electrons. The molecule has 0 saturated heterocycles. The Morgan fingerprint density at radius 1 is 0.824 bits per heavy atom. The number of ether oxygens (including phenoxy) is 1. The third kappa shape index (κ3) is 2.60. The SMILES string of the molecule is Oc1cc(O)c(COc2ccccc2)cc1O. The molecular formula is C13H12O4. The van der Waals surface area contributed by atoms with E-state index in [1.165, 1.54) is 6.07 Å². The van der Waals surface area contributed by atoms with Crippen molar-refractivity contribution in [2.24, 2.45) is 0 Å². The van der Waals surface area contributed by atoms with Crippen LogP contribution in [0.4, 0.5) is 0 Å². The summed E-state index contributed by atoms with van der Waals surface area (Å²) in [5.74, 6) is -0.0869. The van der Waals surface area contributed by atoms with Gasteiger partial charge in [0.15, 0.2) is 11.5 Å². The Morgan fingerprint density at radius 2 is 1.47 bits per heavy atom.